The van der Waals surface area contributed by atoms with Gasteiger partial charge < -0.3 is 10.6 Å². The van der Waals surface area contributed by atoms with E-state index < -0.39 is 5.25 Å². The molecule has 0 aliphatic heterocycles. The van der Waals surface area contributed by atoms with Crippen molar-refractivity contribution < 1.29 is 9.59 Å². The molecule has 2 N–H and O–H groups in total. The van der Waals surface area contributed by atoms with Gasteiger partial charge in [-0.05, 0) is 66.1 Å². The maximum Gasteiger partial charge on any atom is 0.248 e. The van der Waals surface area contributed by atoms with Gasteiger partial charge in [-0.3, -0.25) is 9.59 Å². The van der Waals surface area contributed by atoms with E-state index in [0.29, 0.717) is 5.69 Å². The van der Waals surface area contributed by atoms with Crippen LogP contribution in [-0.4, -0.2) is 11.8 Å². The molecule has 1 atom stereocenters. The first-order valence-corrected chi connectivity index (χ1v) is 12.2. The van der Waals surface area contributed by atoms with E-state index in [0.717, 1.165) is 27.3 Å². The maximum absolute atomic E-state index is 13.2. The standard InChI is InChI=1S/C30H26N2O2S/c1-22-9-8-14-26(21-22)32-30(34)29(24-12-6-3-7-13-24)35-27-18-16-25(17-19-27)31-28(33)20-15-23-10-4-2-5-11-23/h2-21,29H,1H3,(H,31,33)(H,32,34)/b20-15+. The van der Waals surface area contributed by atoms with Crippen LogP contribution in [0.2, 0.25) is 0 Å². The predicted molar refractivity (Wildman–Crippen MR) is 145 cm³/mol. The van der Waals surface area contributed by atoms with Gasteiger partial charge >= 0.3 is 0 Å². The number of carbonyl (C=O) groups excluding carboxylic acids is 2. The first kappa shape index (κ1) is 24.0. The first-order chi connectivity index (χ1) is 17.1. The number of thioether (sulfide) groups is 1. The highest BCUT2D eigenvalue weighted by Gasteiger charge is 2.22. The lowest BCUT2D eigenvalue weighted by molar-refractivity contribution is -0.116. The van der Waals surface area contributed by atoms with E-state index in [1.165, 1.54) is 17.8 Å². The van der Waals surface area contributed by atoms with Gasteiger partial charge in [-0.2, -0.15) is 0 Å². The van der Waals surface area contributed by atoms with Crippen LogP contribution in [0.5, 0.6) is 0 Å². The third kappa shape index (κ3) is 7.19. The van der Waals surface area contributed by atoms with Gasteiger partial charge in [0.25, 0.3) is 0 Å². The summed E-state index contributed by atoms with van der Waals surface area (Å²) < 4.78 is 0. The summed E-state index contributed by atoms with van der Waals surface area (Å²) in [6.07, 6.45) is 3.29. The largest absolute Gasteiger partial charge is 0.325 e. The minimum absolute atomic E-state index is 0.0878. The number of rotatable bonds is 8. The van der Waals surface area contributed by atoms with Gasteiger partial charge in [-0.15, -0.1) is 11.8 Å². The monoisotopic (exact) mass is 478 g/mol. The summed E-state index contributed by atoms with van der Waals surface area (Å²) in [6.45, 7) is 2.00. The smallest absolute Gasteiger partial charge is 0.248 e. The van der Waals surface area contributed by atoms with Crippen molar-refractivity contribution in [2.24, 2.45) is 0 Å². The molecule has 0 aliphatic carbocycles. The summed E-state index contributed by atoms with van der Waals surface area (Å²) in [5, 5.41) is 5.49. The average molecular weight is 479 g/mol. The topological polar surface area (TPSA) is 58.2 Å². The Labute approximate surface area is 210 Å². The molecule has 174 valence electrons. The molecule has 0 spiro atoms. The fourth-order valence-electron chi connectivity index (χ4n) is 3.50. The van der Waals surface area contributed by atoms with Crippen LogP contribution in [0.15, 0.2) is 120 Å². The first-order valence-electron chi connectivity index (χ1n) is 11.3. The fourth-order valence-corrected chi connectivity index (χ4v) is 4.53. The number of anilines is 2. The highest BCUT2D eigenvalue weighted by molar-refractivity contribution is 8.00. The Hall–Kier alpha value is -4.09. The number of hydrogen-bond donors (Lipinski definition) is 2. The van der Waals surface area contributed by atoms with Crippen LogP contribution in [-0.2, 0) is 9.59 Å². The van der Waals surface area contributed by atoms with E-state index in [4.69, 9.17) is 0 Å². The maximum atomic E-state index is 13.2. The fraction of sp³-hybridized carbons (Fsp3) is 0.0667. The molecule has 4 aromatic carbocycles. The van der Waals surface area contributed by atoms with Crippen LogP contribution in [0.1, 0.15) is 21.9 Å². The Morgan fingerprint density at radius 2 is 1.43 bits per heavy atom. The van der Waals surface area contributed by atoms with Crippen molar-refractivity contribution in [3.05, 3.63) is 132 Å². The van der Waals surface area contributed by atoms with Gasteiger partial charge in [0.15, 0.2) is 0 Å². The summed E-state index contributed by atoms with van der Waals surface area (Å²) in [6, 6.07) is 34.7. The zero-order chi connectivity index (χ0) is 24.5. The Kier molecular flexibility index (Phi) is 8.15. The van der Waals surface area contributed by atoms with E-state index in [1.807, 2.05) is 116 Å². The number of amides is 2. The van der Waals surface area contributed by atoms with Gasteiger partial charge in [0.2, 0.25) is 11.8 Å². The Balaban J connectivity index is 1.44. The van der Waals surface area contributed by atoms with Crippen LogP contribution in [0, 0.1) is 6.92 Å². The summed E-state index contributed by atoms with van der Waals surface area (Å²) in [7, 11) is 0. The number of aryl methyl sites for hydroxylation is 1. The van der Waals surface area contributed by atoms with Crippen molar-refractivity contribution in [1.29, 1.82) is 0 Å². The van der Waals surface area contributed by atoms with Gasteiger partial charge in [0.05, 0.1) is 0 Å². The molecular formula is C30H26N2O2S. The molecule has 2 amide bonds. The van der Waals surface area contributed by atoms with E-state index in [-0.39, 0.29) is 11.8 Å². The Morgan fingerprint density at radius 1 is 0.743 bits per heavy atom. The summed E-state index contributed by atoms with van der Waals surface area (Å²) in [5.74, 6) is -0.288. The van der Waals surface area contributed by atoms with Crippen LogP contribution in [0.4, 0.5) is 11.4 Å². The van der Waals surface area contributed by atoms with Crippen molar-refractivity contribution >= 4 is 41.0 Å². The minimum atomic E-state index is -0.425. The van der Waals surface area contributed by atoms with Gasteiger partial charge in [0, 0.05) is 22.3 Å². The molecular weight excluding hydrogens is 452 g/mol. The third-order valence-corrected chi connectivity index (χ3v) is 6.49. The lowest BCUT2D eigenvalue weighted by Crippen LogP contribution is -2.19. The molecule has 1 unspecified atom stereocenters. The summed E-state index contributed by atoms with van der Waals surface area (Å²) >= 11 is 1.47. The molecule has 0 saturated heterocycles. The minimum Gasteiger partial charge on any atom is -0.325 e. The van der Waals surface area contributed by atoms with E-state index in [2.05, 4.69) is 10.6 Å². The van der Waals surface area contributed by atoms with Crippen molar-refractivity contribution in [3.63, 3.8) is 0 Å². The second-order valence-corrected chi connectivity index (χ2v) is 9.20. The van der Waals surface area contributed by atoms with Crippen LogP contribution in [0.3, 0.4) is 0 Å². The average Bonchev–Trinajstić information content (AvgIpc) is 2.88. The summed E-state index contributed by atoms with van der Waals surface area (Å²) in [5.41, 5.74) is 4.44. The van der Waals surface area contributed by atoms with Gasteiger partial charge in [-0.1, -0.05) is 72.8 Å². The van der Waals surface area contributed by atoms with E-state index >= 15 is 0 Å². The molecule has 0 aromatic heterocycles. The second kappa shape index (κ2) is 11.9. The van der Waals surface area contributed by atoms with Crippen molar-refractivity contribution in [3.8, 4) is 0 Å². The molecule has 0 radical (unpaired) electrons. The molecule has 5 heteroatoms. The van der Waals surface area contributed by atoms with Crippen molar-refractivity contribution in [2.45, 2.75) is 17.1 Å². The molecule has 0 heterocycles. The number of benzene rings is 4. The molecule has 4 rings (SSSR count). The van der Waals surface area contributed by atoms with Crippen molar-refractivity contribution in [1.82, 2.24) is 0 Å². The summed E-state index contributed by atoms with van der Waals surface area (Å²) in [4.78, 5) is 26.4. The Morgan fingerprint density at radius 3 is 2.11 bits per heavy atom. The molecule has 0 saturated carbocycles. The predicted octanol–water partition coefficient (Wildman–Crippen LogP) is 7.12. The van der Waals surface area contributed by atoms with Gasteiger partial charge in [-0.25, -0.2) is 0 Å². The van der Waals surface area contributed by atoms with E-state index in [1.54, 1.807) is 6.08 Å². The lowest BCUT2D eigenvalue weighted by atomic mass is 10.1. The molecule has 0 fully saturated rings. The SMILES string of the molecule is Cc1cccc(NC(=O)C(Sc2ccc(NC(=O)/C=C/c3ccccc3)cc2)c2ccccc2)c1. The number of nitrogens with one attached hydrogen (secondary N) is 2. The number of carbonyl (C=O) groups is 2. The zero-order valence-electron chi connectivity index (χ0n) is 19.3. The molecule has 0 aliphatic rings. The molecule has 4 nitrogen and oxygen atoms in total. The van der Waals surface area contributed by atoms with Crippen LogP contribution < -0.4 is 10.6 Å². The number of hydrogen-bond acceptors (Lipinski definition) is 3. The third-order valence-electron chi connectivity index (χ3n) is 5.23. The lowest BCUT2D eigenvalue weighted by Gasteiger charge is -2.17. The highest BCUT2D eigenvalue weighted by atomic mass is 32.2. The second-order valence-electron chi connectivity index (χ2n) is 8.02. The molecule has 35 heavy (non-hydrogen) atoms. The van der Waals surface area contributed by atoms with Crippen LogP contribution >= 0.6 is 11.8 Å². The van der Waals surface area contributed by atoms with Crippen LogP contribution in [0.25, 0.3) is 6.08 Å². The highest BCUT2D eigenvalue weighted by Crippen LogP contribution is 2.36. The zero-order valence-corrected chi connectivity index (χ0v) is 20.2. The van der Waals surface area contributed by atoms with Gasteiger partial charge in [0.1, 0.15) is 5.25 Å². The van der Waals surface area contributed by atoms with E-state index in [9.17, 15) is 9.59 Å². The Bertz CT molecular complexity index is 1300. The molecule has 4 aromatic rings. The molecule has 0 bridgehead atoms. The van der Waals surface area contributed by atoms with Crippen molar-refractivity contribution in [2.75, 3.05) is 10.6 Å². The normalized spacial score (nSPS) is 11.7. The quantitative estimate of drug-likeness (QED) is 0.209.